The molecule has 0 aromatic heterocycles. The van der Waals surface area contributed by atoms with E-state index in [1.807, 2.05) is 0 Å². The van der Waals surface area contributed by atoms with Crippen LogP contribution < -0.4 is 11.1 Å². The second-order valence-electron chi connectivity index (χ2n) is 7.52. The fourth-order valence-electron chi connectivity index (χ4n) is 3.39. The molecule has 3 N–H and O–H groups in total. The summed E-state index contributed by atoms with van der Waals surface area (Å²) < 4.78 is 5.27. The Morgan fingerprint density at radius 1 is 1.23 bits per heavy atom. The van der Waals surface area contributed by atoms with Gasteiger partial charge < -0.3 is 15.8 Å². The predicted octanol–water partition coefficient (Wildman–Crippen LogP) is 3.70. The molecule has 22 heavy (non-hydrogen) atoms. The third-order valence-electron chi connectivity index (χ3n) is 4.90. The Bertz CT molecular complexity index is 322. The number of nitrogens with zero attached hydrogens (tertiary/aromatic N) is 1. The van der Waals surface area contributed by atoms with Gasteiger partial charge in [0.25, 0.3) is 0 Å². The molecule has 0 saturated heterocycles. The van der Waals surface area contributed by atoms with E-state index in [1.165, 1.54) is 38.5 Å². The van der Waals surface area contributed by atoms with Crippen LogP contribution in [0, 0.1) is 11.3 Å². The lowest BCUT2D eigenvalue weighted by Crippen LogP contribution is -2.39. The molecular weight excluding hydrogens is 274 g/mol. The lowest BCUT2D eigenvalue weighted by Gasteiger charge is -2.27. The second-order valence-corrected chi connectivity index (χ2v) is 7.52. The first-order valence-corrected chi connectivity index (χ1v) is 9.03. The summed E-state index contributed by atoms with van der Waals surface area (Å²) in [5.74, 6) is 1.39. The molecule has 0 aromatic rings. The zero-order chi connectivity index (χ0) is 16.4. The van der Waals surface area contributed by atoms with Crippen molar-refractivity contribution >= 4 is 5.96 Å². The van der Waals surface area contributed by atoms with Crippen molar-refractivity contribution in [1.29, 1.82) is 0 Å². The predicted molar refractivity (Wildman–Crippen MR) is 95.2 cm³/mol. The Labute approximate surface area is 137 Å². The molecular formula is C18H37N3O. The van der Waals surface area contributed by atoms with E-state index in [1.54, 1.807) is 7.11 Å². The Balaban J connectivity index is 2.36. The maximum Gasteiger partial charge on any atom is 0.188 e. The van der Waals surface area contributed by atoms with Gasteiger partial charge in [0.05, 0.1) is 0 Å². The van der Waals surface area contributed by atoms with Crippen LogP contribution in [0.1, 0.15) is 72.1 Å². The first kappa shape index (κ1) is 19.3. The van der Waals surface area contributed by atoms with Crippen LogP contribution >= 0.6 is 0 Å². The smallest absolute Gasteiger partial charge is 0.188 e. The first-order valence-electron chi connectivity index (χ1n) is 9.03. The summed E-state index contributed by atoms with van der Waals surface area (Å²) in [7, 11) is 1.78. The molecule has 0 bridgehead atoms. The van der Waals surface area contributed by atoms with Crippen molar-refractivity contribution in [3.8, 4) is 0 Å². The fraction of sp³-hybridized carbons (Fsp3) is 0.944. The minimum Gasteiger partial charge on any atom is -0.385 e. The van der Waals surface area contributed by atoms with Crippen LogP contribution in [0.15, 0.2) is 4.99 Å². The highest BCUT2D eigenvalue weighted by Crippen LogP contribution is 2.41. The van der Waals surface area contributed by atoms with Gasteiger partial charge in [-0.2, -0.15) is 0 Å². The van der Waals surface area contributed by atoms with E-state index in [0.29, 0.717) is 17.4 Å². The highest BCUT2D eigenvalue weighted by molar-refractivity contribution is 5.78. The SMILES string of the molecule is COCCC1(CN=C(N)NC(C)CCCC(C)C)CCCC1. The Kier molecular flexibility index (Phi) is 8.84. The summed E-state index contributed by atoms with van der Waals surface area (Å²) in [4.78, 5) is 4.64. The molecule has 1 fully saturated rings. The minimum atomic E-state index is 0.323. The summed E-state index contributed by atoms with van der Waals surface area (Å²) in [6.07, 6.45) is 9.94. The number of ether oxygens (including phenoxy) is 1. The molecule has 130 valence electrons. The molecule has 1 unspecified atom stereocenters. The molecule has 1 atom stereocenters. The van der Waals surface area contributed by atoms with Crippen molar-refractivity contribution < 1.29 is 4.74 Å². The summed E-state index contributed by atoms with van der Waals surface area (Å²) in [5.41, 5.74) is 6.40. The van der Waals surface area contributed by atoms with Gasteiger partial charge in [0.1, 0.15) is 0 Å². The number of nitrogens with two attached hydrogens (primary N) is 1. The van der Waals surface area contributed by atoms with Crippen LogP contribution in [0.4, 0.5) is 0 Å². The zero-order valence-corrected chi connectivity index (χ0v) is 15.2. The van der Waals surface area contributed by atoms with E-state index in [4.69, 9.17) is 10.5 Å². The number of aliphatic imine (C=N–C) groups is 1. The van der Waals surface area contributed by atoms with Gasteiger partial charge in [-0.1, -0.05) is 39.5 Å². The number of guanidine groups is 1. The molecule has 0 heterocycles. The number of nitrogens with one attached hydrogen (secondary N) is 1. The molecule has 1 rings (SSSR count). The molecule has 0 radical (unpaired) electrons. The van der Waals surface area contributed by atoms with E-state index < -0.39 is 0 Å². The summed E-state index contributed by atoms with van der Waals surface area (Å²) in [5, 5.41) is 3.35. The van der Waals surface area contributed by atoms with Gasteiger partial charge in [0.15, 0.2) is 5.96 Å². The zero-order valence-electron chi connectivity index (χ0n) is 15.2. The van der Waals surface area contributed by atoms with Crippen LogP contribution in [0.25, 0.3) is 0 Å². The summed E-state index contributed by atoms with van der Waals surface area (Å²) >= 11 is 0. The quantitative estimate of drug-likeness (QED) is 0.478. The van der Waals surface area contributed by atoms with Gasteiger partial charge >= 0.3 is 0 Å². The summed E-state index contributed by atoms with van der Waals surface area (Å²) in [6.45, 7) is 8.41. The topological polar surface area (TPSA) is 59.6 Å². The molecule has 4 heteroatoms. The number of hydrogen-bond acceptors (Lipinski definition) is 2. The maximum absolute atomic E-state index is 6.08. The van der Waals surface area contributed by atoms with Crippen molar-refractivity contribution in [3.05, 3.63) is 0 Å². The van der Waals surface area contributed by atoms with E-state index in [-0.39, 0.29) is 0 Å². The Hall–Kier alpha value is -0.770. The van der Waals surface area contributed by atoms with Gasteiger partial charge in [0, 0.05) is 26.3 Å². The van der Waals surface area contributed by atoms with E-state index in [0.717, 1.165) is 31.9 Å². The van der Waals surface area contributed by atoms with Crippen LogP contribution in [0.5, 0.6) is 0 Å². The maximum atomic E-state index is 6.08. The Morgan fingerprint density at radius 2 is 1.91 bits per heavy atom. The van der Waals surface area contributed by atoms with E-state index in [9.17, 15) is 0 Å². The lowest BCUT2D eigenvalue weighted by molar-refractivity contribution is 0.141. The number of rotatable bonds is 10. The van der Waals surface area contributed by atoms with Crippen molar-refractivity contribution in [1.82, 2.24) is 5.32 Å². The highest BCUT2D eigenvalue weighted by Gasteiger charge is 2.33. The molecule has 1 aliphatic rings. The van der Waals surface area contributed by atoms with Gasteiger partial charge in [-0.15, -0.1) is 0 Å². The summed E-state index contributed by atoms with van der Waals surface area (Å²) in [6, 6.07) is 0.404. The highest BCUT2D eigenvalue weighted by atomic mass is 16.5. The average molecular weight is 312 g/mol. The van der Waals surface area contributed by atoms with Crippen LogP contribution in [0.2, 0.25) is 0 Å². The van der Waals surface area contributed by atoms with E-state index in [2.05, 4.69) is 31.1 Å². The van der Waals surface area contributed by atoms with Gasteiger partial charge in [0.2, 0.25) is 0 Å². The molecule has 1 saturated carbocycles. The minimum absolute atomic E-state index is 0.323. The van der Waals surface area contributed by atoms with Crippen molar-refractivity contribution in [2.24, 2.45) is 22.1 Å². The standard InChI is InChI=1S/C18H37N3O/c1-15(2)8-7-9-16(3)21-17(19)20-14-18(12-13-22-4)10-5-6-11-18/h15-16H,5-14H2,1-4H3,(H3,19,20,21). The van der Waals surface area contributed by atoms with Crippen molar-refractivity contribution in [3.63, 3.8) is 0 Å². The molecule has 0 aliphatic heterocycles. The number of methoxy groups -OCH3 is 1. The molecule has 0 spiro atoms. The first-order chi connectivity index (χ1) is 10.5. The third-order valence-corrected chi connectivity index (χ3v) is 4.90. The normalized spacial score (nSPS) is 19.6. The van der Waals surface area contributed by atoms with Crippen molar-refractivity contribution in [2.45, 2.75) is 78.2 Å². The molecule has 0 amide bonds. The van der Waals surface area contributed by atoms with Gasteiger partial charge in [-0.25, -0.2) is 0 Å². The molecule has 0 aromatic carbocycles. The third kappa shape index (κ3) is 7.48. The van der Waals surface area contributed by atoms with Crippen LogP contribution in [-0.4, -0.2) is 32.3 Å². The largest absolute Gasteiger partial charge is 0.385 e. The second kappa shape index (κ2) is 10.1. The van der Waals surface area contributed by atoms with Gasteiger partial charge in [-0.3, -0.25) is 4.99 Å². The van der Waals surface area contributed by atoms with Crippen LogP contribution in [-0.2, 0) is 4.74 Å². The van der Waals surface area contributed by atoms with E-state index >= 15 is 0 Å². The lowest BCUT2D eigenvalue weighted by atomic mass is 9.83. The van der Waals surface area contributed by atoms with Crippen molar-refractivity contribution in [2.75, 3.05) is 20.3 Å². The molecule has 4 nitrogen and oxygen atoms in total. The molecule has 1 aliphatic carbocycles. The van der Waals surface area contributed by atoms with Gasteiger partial charge in [-0.05, 0) is 43.9 Å². The average Bonchev–Trinajstić information content (AvgIpc) is 2.92. The number of hydrogen-bond donors (Lipinski definition) is 2. The monoisotopic (exact) mass is 311 g/mol. The Morgan fingerprint density at radius 3 is 2.50 bits per heavy atom. The fourth-order valence-corrected chi connectivity index (χ4v) is 3.39. The van der Waals surface area contributed by atoms with Crippen LogP contribution in [0.3, 0.4) is 0 Å².